The van der Waals surface area contributed by atoms with Crippen LogP contribution in [0.15, 0.2) is 199 Å². The summed E-state index contributed by atoms with van der Waals surface area (Å²) in [5, 5.41) is 17.8. The molecule has 0 atom stereocenters. The smallest absolute Gasteiger partial charge is 0.135 e. The molecule has 0 N–H and O–H groups in total. The number of furan rings is 1. The van der Waals surface area contributed by atoms with E-state index in [1.165, 1.54) is 104 Å². The molecule has 1 heteroatoms. The van der Waals surface area contributed by atoms with E-state index in [1.807, 2.05) is 6.07 Å². The van der Waals surface area contributed by atoms with Crippen molar-refractivity contribution in [3.8, 4) is 44.5 Å². The normalized spacial score (nSPS) is 12.2. The van der Waals surface area contributed by atoms with Crippen LogP contribution in [0.3, 0.4) is 0 Å². The Kier molecular flexibility index (Phi) is 6.23. The zero-order chi connectivity index (χ0) is 37.2. The third-order valence-corrected chi connectivity index (χ3v) is 12.6. The topological polar surface area (TPSA) is 13.1 Å². The van der Waals surface area contributed by atoms with Crippen LogP contribution in [0.4, 0.5) is 0 Å². The van der Waals surface area contributed by atoms with Gasteiger partial charge in [0.15, 0.2) is 0 Å². The van der Waals surface area contributed by atoms with Gasteiger partial charge in [0.1, 0.15) is 11.2 Å². The summed E-state index contributed by atoms with van der Waals surface area (Å²) in [6, 6.07) is 71.9. The van der Waals surface area contributed by atoms with Gasteiger partial charge in [0.05, 0.1) is 0 Å². The Balaban J connectivity index is 1.09. The highest BCUT2D eigenvalue weighted by Crippen LogP contribution is 2.47. The molecule has 13 rings (SSSR count). The molecule has 1 aromatic heterocycles. The van der Waals surface area contributed by atoms with Crippen LogP contribution in [0.25, 0.3) is 131 Å². The number of fused-ring (bicyclic) bond motifs is 3. The molecule has 0 unspecified atom stereocenters. The SMILES string of the molecule is c1ccc(-c2ccc3ccc4cccc5ccc2c3c45)c(-c2cc(-c3ccc4ccc5cccc6ccc3c4c56)ccc2-c2ccc3oc4ccccc4c3c2)c1. The molecule has 1 nitrogen and oxygen atoms in total. The average molecular weight is 721 g/mol. The summed E-state index contributed by atoms with van der Waals surface area (Å²) in [6.45, 7) is 0. The summed E-state index contributed by atoms with van der Waals surface area (Å²) in [4.78, 5) is 0. The monoisotopic (exact) mass is 720 g/mol. The van der Waals surface area contributed by atoms with Crippen LogP contribution in [-0.4, -0.2) is 0 Å². The number of para-hydroxylation sites is 1. The van der Waals surface area contributed by atoms with Crippen LogP contribution in [0.2, 0.25) is 0 Å². The molecule has 0 bridgehead atoms. The van der Waals surface area contributed by atoms with Crippen molar-refractivity contribution >= 4 is 86.6 Å². The van der Waals surface area contributed by atoms with Gasteiger partial charge < -0.3 is 4.42 Å². The van der Waals surface area contributed by atoms with Crippen LogP contribution in [0.5, 0.6) is 0 Å². The van der Waals surface area contributed by atoms with Crippen molar-refractivity contribution in [1.82, 2.24) is 0 Å². The second-order valence-electron chi connectivity index (χ2n) is 15.6. The third kappa shape index (κ3) is 4.40. The summed E-state index contributed by atoms with van der Waals surface area (Å²) in [5.74, 6) is 0. The first-order chi connectivity index (χ1) is 28.2. The Hall–Kier alpha value is -7.48. The van der Waals surface area contributed by atoms with Gasteiger partial charge in [0.2, 0.25) is 0 Å². The van der Waals surface area contributed by atoms with Gasteiger partial charge in [-0.15, -0.1) is 0 Å². The zero-order valence-corrected chi connectivity index (χ0v) is 30.9. The van der Waals surface area contributed by atoms with Crippen molar-refractivity contribution in [3.63, 3.8) is 0 Å². The van der Waals surface area contributed by atoms with Gasteiger partial charge in [0, 0.05) is 10.8 Å². The molecule has 12 aromatic carbocycles. The fourth-order valence-electron chi connectivity index (χ4n) is 9.99. The Morgan fingerprint density at radius 3 is 1.39 bits per heavy atom. The fourth-order valence-corrected chi connectivity index (χ4v) is 9.99. The van der Waals surface area contributed by atoms with Crippen molar-refractivity contribution in [2.75, 3.05) is 0 Å². The van der Waals surface area contributed by atoms with Crippen molar-refractivity contribution in [2.45, 2.75) is 0 Å². The van der Waals surface area contributed by atoms with E-state index in [9.17, 15) is 0 Å². The average Bonchev–Trinajstić information content (AvgIpc) is 3.65. The quantitative estimate of drug-likeness (QED) is 0.165. The summed E-state index contributed by atoms with van der Waals surface area (Å²) < 4.78 is 6.29. The summed E-state index contributed by atoms with van der Waals surface area (Å²) >= 11 is 0. The molecule has 57 heavy (non-hydrogen) atoms. The van der Waals surface area contributed by atoms with Crippen LogP contribution in [0.1, 0.15) is 0 Å². The van der Waals surface area contributed by atoms with Gasteiger partial charge in [-0.05, 0) is 133 Å². The first-order valence-electron chi connectivity index (χ1n) is 19.7. The van der Waals surface area contributed by atoms with E-state index in [2.05, 4.69) is 188 Å². The van der Waals surface area contributed by atoms with E-state index in [0.717, 1.165) is 27.5 Å². The maximum atomic E-state index is 6.29. The Bertz CT molecular complexity index is 3720. The van der Waals surface area contributed by atoms with Crippen molar-refractivity contribution in [2.24, 2.45) is 0 Å². The number of rotatable bonds is 4. The highest BCUT2D eigenvalue weighted by molar-refractivity contribution is 6.27. The first-order valence-corrected chi connectivity index (χ1v) is 19.7. The van der Waals surface area contributed by atoms with Crippen LogP contribution < -0.4 is 0 Å². The largest absolute Gasteiger partial charge is 0.456 e. The van der Waals surface area contributed by atoms with E-state index in [0.29, 0.717) is 0 Å². The Labute approximate surface area is 328 Å². The molecular weight excluding hydrogens is 689 g/mol. The summed E-state index contributed by atoms with van der Waals surface area (Å²) in [5.41, 5.74) is 11.5. The van der Waals surface area contributed by atoms with Gasteiger partial charge in [-0.25, -0.2) is 0 Å². The predicted octanol–water partition coefficient (Wildman–Crippen LogP) is 16.0. The fraction of sp³-hybridized carbons (Fsp3) is 0. The predicted molar refractivity (Wildman–Crippen MR) is 243 cm³/mol. The molecule has 262 valence electrons. The second-order valence-corrected chi connectivity index (χ2v) is 15.6. The molecule has 13 aromatic rings. The van der Waals surface area contributed by atoms with Crippen molar-refractivity contribution in [3.05, 3.63) is 194 Å². The molecule has 0 amide bonds. The lowest BCUT2D eigenvalue weighted by molar-refractivity contribution is 0.669. The zero-order valence-electron chi connectivity index (χ0n) is 30.9. The first kappa shape index (κ1) is 30.8. The van der Waals surface area contributed by atoms with Crippen molar-refractivity contribution < 1.29 is 4.42 Å². The molecule has 0 aliphatic carbocycles. The summed E-state index contributed by atoms with van der Waals surface area (Å²) in [6.07, 6.45) is 0. The van der Waals surface area contributed by atoms with Gasteiger partial charge in [-0.2, -0.15) is 0 Å². The van der Waals surface area contributed by atoms with E-state index < -0.39 is 0 Å². The molecule has 0 saturated heterocycles. The van der Waals surface area contributed by atoms with Gasteiger partial charge in [-0.1, -0.05) is 170 Å². The Morgan fingerprint density at radius 1 is 0.228 bits per heavy atom. The van der Waals surface area contributed by atoms with E-state index >= 15 is 0 Å². The lowest BCUT2D eigenvalue weighted by atomic mass is 9.84. The Morgan fingerprint density at radius 2 is 0.702 bits per heavy atom. The number of benzene rings is 12. The maximum absolute atomic E-state index is 6.29. The minimum Gasteiger partial charge on any atom is -0.456 e. The molecule has 0 fully saturated rings. The summed E-state index contributed by atoms with van der Waals surface area (Å²) in [7, 11) is 0. The lowest BCUT2D eigenvalue weighted by Gasteiger charge is -2.20. The van der Waals surface area contributed by atoms with Gasteiger partial charge in [0.25, 0.3) is 0 Å². The lowest BCUT2D eigenvalue weighted by Crippen LogP contribution is -1.93. The number of hydrogen-bond acceptors (Lipinski definition) is 1. The molecule has 0 aliphatic heterocycles. The van der Waals surface area contributed by atoms with E-state index in [1.54, 1.807) is 0 Å². The molecular formula is C56H32O. The van der Waals surface area contributed by atoms with E-state index in [-0.39, 0.29) is 0 Å². The van der Waals surface area contributed by atoms with Gasteiger partial charge >= 0.3 is 0 Å². The van der Waals surface area contributed by atoms with Crippen LogP contribution >= 0.6 is 0 Å². The van der Waals surface area contributed by atoms with Crippen LogP contribution in [0, 0.1) is 0 Å². The third-order valence-electron chi connectivity index (χ3n) is 12.6. The maximum Gasteiger partial charge on any atom is 0.135 e. The van der Waals surface area contributed by atoms with Gasteiger partial charge in [-0.3, -0.25) is 0 Å². The van der Waals surface area contributed by atoms with Crippen molar-refractivity contribution in [1.29, 1.82) is 0 Å². The second kappa shape index (κ2) is 11.5. The minimum atomic E-state index is 0.904. The van der Waals surface area contributed by atoms with Crippen LogP contribution in [-0.2, 0) is 0 Å². The molecule has 0 spiro atoms. The molecule has 0 saturated carbocycles. The standard InChI is InChI=1S/C56H32O/c1-2-12-44(43(11-1)45-27-20-38-18-16-34-8-6-10-36-22-29-48(45)56(38)54(34)36)49-31-39(23-26-42(49)40-24-30-52-50(32-40)46-13-3-4-14-51(46)57-52)41-25-19-37-17-15-33-7-5-9-35-21-28-47(41)55(37)53(33)35/h1-32H. The van der Waals surface area contributed by atoms with E-state index in [4.69, 9.17) is 4.42 Å². The highest BCUT2D eigenvalue weighted by atomic mass is 16.3. The number of hydrogen-bond donors (Lipinski definition) is 0. The molecule has 0 radical (unpaired) electrons. The molecule has 1 heterocycles. The highest BCUT2D eigenvalue weighted by Gasteiger charge is 2.20. The molecule has 0 aliphatic rings. The minimum absolute atomic E-state index is 0.904.